The van der Waals surface area contributed by atoms with E-state index < -0.39 is 5.60 Å². The van der Waals surface area contributed by atoms with Crippen molar-refractivity contribution in [3.8, 4) is 0 Å². The summed E-state index contributed by atoms with van der Waals surface area (Å²) in [5, 5.41) is 4.52. The molecule has 8 heteroatoms. The molecule has 0 saturated carbocycles. The first-order valence-electron chi connectivity index (χ1n) is 9.48. The van der Waals surface area contributed by atoms with Crippen LogP contribution in [0.3, 0.4) is 0 Å². The number of nitrogens with zero attached hydrogens (tertiary/aromatic N) is 2. The molecule has 1 aliphatic heterocycles. The van der Waals surface area contributed by atoms with Gasteiger partial charge in [0.15, 0.2) is 0 Å². The lowest BCUT2D eigenvalue weighted by molar-refractivity contribution is 0.0147. The number of carbonyl (C=O) groups excluding carboxylic acids is 2. The third-order valence-electron chi connectivity index (χ3n) is 4.57. The Bertz CT molecular complexity index is 851. The maximum atomic E-state index is 12.4. The van der Waals surface area contributed by atoms with Gasteiger partial charge in [-0.05, 0) is 39.0 Å². The molecule has 2 amide bonds. The Morgan fingerprint density at radius 2 is 1.89 bits per heavy atom. The molecule has 0 spiro atoms. The second kappa shape index (κ2) is 8.41. The Kier molecular flexibility index (Phi) is 6.15. The number of hydrogen-bond acceptors (Lipinski definition) is 4. The van der Waals surface area contributed by atoms with Gasteiger partial charge < -0.3 is 19.9 Å². The second-order valence-corrected chi connectivity index (χ2v) is 8.42. The molecular weight excluding hydrogens is 380 g/mol. The van der Waals surface area contributed by atoms with Gasteiger partial charge in [0.1, 0.15) is 11.3 Å². The van der Waals surface area contributed by atoms with Gasteiger partial charge in [0.05, 0.1) is 0 Å². The van der Waals surface area contributed by atoms with Crippen molar-refractivity contribution in [3.05, 3.63) is 35.0 Å². The summed E-state index contributed by atoms with van der Waals surface area (Å²) in [6.45, 7) is 9.67. The number of amides is 2. The summed E-state index contributed by atoms with van der Waals surface area (Å²) >= 11 is 5.98. The van der Waals surface area contributed by atoms with Crippen LogP contribution in [0.25, 0.3) is 10.9 Å². The van der Waals surface area contributed by atoms with Crippen LogP contribution >= 0.6 is 11.6 Å². The summed E-state index contributed by atoms with van der Waals surface area (Å²) < 4.78 is 5.41. The van der Waals surface area contributed by atoms with E-state index in [0.29, 0.717) is 30.4 Å². The first-order chi connectivity index (χ1) is 13.2. The number of fused-ring (bicyclic) bond motifs is 1. The fourth-order valence-corrected chi connectivity index (χ4v) is 3.30. The molecule has 1 aliphatic rings. The highest BCUT2D eigenvalue weighted by atomic mass is 35.5. The van der Waals surface area contributed by atoms with Gasteiger partial charge in [0.2, 0.25) is 0 Å². The molecule has 28 heavy (non-hydrogen) atoms. The van der Waals surface area contributed by atoms with Crippen LogP contribution in [0.1, 0.15) is 31.3 Å². The number of H-pyrrole nitrogens is 1. The van der Waals surface area contributed by atoms with Crippen LogP contribution in [0.2, 0.25) is 5.02 Å². The molecule has 3 rings (SSSR count). The zero-order valence-electron chi connectivity index (χ0n) is 16.5. The lowest BCUT2D eigenvalue weighted by Crippen LogP contribution is -2.51. The van der Waals surface area contributed by atoms with E-state index in [1.54, 1.807) is 17.0 Å². The number of aromatic amines is 1. The molecule has 1 fully saturated rings. The first kappa shape index (κ1) is 20.5. The minimum absolute atomic E-state index is 0.139. The maximum Gasteiger partial charge on any atom is 0.410 e. The van der Waals surface area contributed by atoms with Gasteiger partial charge in [-0.25, -0.2) is 4.79 Å². The molecule has 152 valence electrons. The molecule has 0 atom stereocenters. The standard InChI is InChI=1S/C20H27ClN4O3/c1-20(2,3)28-19(27)25-10-8-24(9-11-25)7-6-22-18(26)17-12-14-4-5-15(21)13-16(14)23-17/h4-5,12-13,23H,6-11H2,1-3H3,(H,22,26). The van der Waals surface area contributed by atoms with Gasteiger partial charge in [-0.15, -0.1) is 0 Å². The van der Waals surface area contributed by atoms with E-state index in [1.807, 2.05) is 32.9 Å². The molecule has 0 bridgehead atoms. The summed E-state index contributed by atoms with van der Waals surface area (Å²) in [4.78, 5) is 31.5. The Labute approximate surface area is 170 Å². The van der Waals surface area contributed by atoms with E-state index in [4.69, 9.17) is 16.3 Å². The number of piperazine rings is 1. The zero-order valence-corrected chi connectivity index (χ0v) is 17.3. The average molecular weight is 407 g/mol. The molecule has 2 aromatic rings. The molecule has 0 aliphatic carbocycles. The number of aromatic nitrogens is 1. The number of nitrogens with one attached hydrogen (secondary N) is 2. The van der Waals surface area contributed by atoms with E-state index in [0.717, 1.165) is 30.5 Å². The van der Waals surface area contributed by atoms with Crippen LogP contribution in [-0.2, 0) is 4.74 Å². The van der Waals surface area contributed by atoms with Gasteiger partial charge >= 0.3 is 6.09 Å². The fraction of sp³-hybridized carbons (Fsp3) is 0.500. The molecule has 1 saturated heterocycles. The monoisotopic (exact) mass is 406 g/mol. The van der Waals surface area contributed by atoms with E-state index in [2.05, 4.69) is 15.2 Å². The lowest BCUT2D eigenvalue weighted by Gasteiger charge is -2.35. The quantitative estimate of drug-likeness (QED) is 0.817. The van der Waals surface area contributed by atoms with Gasteiger partial charge in [-0.2, -0.15) is 0 Å². The van der Waals surface area contributed by atoms with Crippen LogP contribution in [0.5, 0.6) is 0 Å². The Balaban J connectivity index is 1.42. The zero-order chi connectivity index (χ0) is 20.3. The highest BCUT2D eigenvalue weighted by Gasteiger charge is 2.25. The number of carbonyl (C=O) groups is 2. The Morgan fingerprint density at radius 3 is 2.57 bits per heavy atom. The third-order valence-corrected chi connectivity index (χ3v) is 4.80. The van der Waals surface area contributed by atoms with E-state index >= 15 is 0 Å². The van der Waals surface area contributed by atoms with Crippen LogP contribution in [0.15, 0.2) is 24.3 Å². The van der Waals surface area contributed by atoms with Gasteiger partial charge in [0, 0.05) is 55.2 Å². The number of hydrogen-bond donors (Lipinski definition) is 2. The Morgan fingerprint density at radius 1 is 1.18 bits per heavy atom. The van der Waals surface area contributed by atoms with Gasteiger partial charge in [0.25, 0.3) is 5.91 Å². The Hall–Kier alpha value is -2.25. The van der Waals surface area contributed by atoms with Crippen LogP contribution < -0.4 is 5.32 Å². The molecule has 2 heterocycles. The van der Waals surface area contributed by atoms with Crippen molar-refractivity contribution in [2.75, 3.05) is 39.3 Å². The van der Waals surface area contributed by atoms with Crippen molar-refractivity contribution >= 4 is 34.5 Å². The molecule has 1 aromatic carbocycles. The topological polar surface area (TPSA) is 77.7 Å². The van der Waals surface area contributed by atoms with Crippen LogP contribution in [0, 0.1) is 0 Å². The van der Waals surface area contributed by atoms with E-state index in [-0.39, 0.29) is 12.0 Å². The minimum atomic E-state index is -0.480. The first-order valence-corrected chi connectivity index (χ1v) is 9.86. The molecule has 1 aromatic heterocycles. The predicted molar refractivity (Wildman–Crippen MR) is 110 cm³/mol. The largest absolute Gasteiger partial charge is 0.444 e. The predicted octanol–water partition coefficient (Wildman–Crippen LogP) is 3.10. The smallest absolute Gasteiger partial charge is 0.410 e. The second-order valence-electron chi connectivity index (χ2n) is 7.98. The van der Waals surface area contributed by atoms with E-state index in [9.17, 15) is 9.59 Å². The molecule has 7 nitrogen and oxygen atoms in total. The summed E-state index contributed by atoms with van der Waals surface area (Å²) in [7, 11) is 0. The van der Waals surface area contributed by atoms with Crippen molar-refractivity contribution in [1.29, 1.82) is 0 Å². The van der Waals surface area contributed by atoms with Crippen molar-refractivity contribution in [3.63, 3.8) is 0 Å². The van der Waals surface area contributed by atoms with Crippen molar-refractivity contribution in [1.82, 2.24) is 20.1 Å². The highest BCUT2D eigenvalue weighted by Crippen LogP contribution is 2.19. The fourth-order valence-electron chi connectivity index (χ4n) is 3.12. The minimum Gasteiger partial charge on any atom is -0.444 e. The number of ether oxygens (including phenoxy) is 1. The molecular formula is C20H27ClN4O3. The summed E-state index contributed by atoms with van der Waals surface area (Å²) in [6.07, 6.45) is -0.264. The highest BCUT2D eigenvalue weighted by molar-refractivity contribution is 6.31. The lowest BCUT2D eigenvalue weighted by atomic mass is 10.2. The van der Waals surface area contributed by atoms with Crippen molar-refractivity contribution in [2.45, 2.75) is 26.4 Å². The number of rotatable bonds is 4. The normalized spacial score (nSPS) is 15.6. The van der Waals surface area contributed by atoms with Crippen molar-refractivity contribution < 1.29 is 14.3 Å². The van der Waals surface area contributed by atoms with E-state index in [1.165, 1.54) is 0 Å². The average Bonchev–Trinajstić information content (AvgIpc) is 3.04. The number of halogens is 1. The maximum absolute atomic E-state index is 12.4. The van der Waals surface area contributed by atoms with Crippen molar-refractivity contribution in [2.24, 2.45) is 0 Å². The van der Waals surface area contributed by atoms with Gasteiger partial charge in [-0.1, -0.05) is 17.7 Å². The SMILES string of the molecule is CC(C)(C)OC(=O)N1CCN(CCNC(=O)c2cc3ccc(Cl)cc3[nH]2)CC1. The molecule has 0 unspecified atom stereocenters. The van der Waals surface area contributed by atoms with Crippen LogP contribution in [0.4, 0.5) is 4.79 Å². The summed E-state index contributed by atoms with van der Waals surface area (Å²) in [5.41, 5.74) is 0.884. The number of benzene rings is 1. The summed E-state index contributed by atoms with van der Waals surface area (Å²) in [6, 6.07) is 7.31. The molecule has 0 radical (unpaired) electrons. The molecule has 2 N–H and O–H groups in total. The van der Waals surface area contributed by atoms with Crippen LogP contribution in [-0.4, -0.2) is 71.7 Å². The summed E-state index contributed by atoms with van der Waals surface area (Å²) in [5.74, 6) is -0.139. The van der Waals surface area contributed by atoms with Gasteiger partial charge in [-0.3, -0.25) is 9.69 Å². The third kappa shape index (κ3) is 5.39.